The van der Waals surface area contributed by atoms with E-state index in [9.17, 15) is 8.42 Å². The number of aliphatic hydroxyl groups excluding tert-OH is 1. The number of hydrogen-bond acceptors (Lipinski definition) is 7. The number of aliphatic hydroxyl groups is 1. The standard InChI is InChI=1S/C19H23N5O4S/c1-13(2)15-6-4-5-7-16(15)17-10-18(28-9-8-25)22-19(21-17)23-29(26,27)14-11-20-24(3)12-14/h4-7,10-13,25H,8-9H2,1-3H3,(H,21,22,23). The van der Waals surface area contributed by atoms with Crippen LogP contribution in [0.2, 0.25) is 0 Å². The lowest BCUT2D eigenvalue weighted by molar-refractivity contribution is 0.197. The molecule has 3 aromatic rings. The normalized spacial score (nSPS) is 11.6. The van der Waals surface area contributed by atoms with Gasteiger partial charge in [-0.2, -0.15) is 10.1 Å². The molecule has 10 heteroatoms. The van der Waals surface area contributed by atoms with Crippen LogP contribution < -0.4 is 9.46 Å². The molecule has 0 fully saturated rings. The second-order valence-corrected chi connectivity index (χ2v) is 8.37. The van der Waals surface area contributed by atoms with Gasteiger partial charge in [0.1, 0.15) is 11.5 Å². The van der Waals surface area contributed by atoms with Crippen molar-refractivity contribution in [2.24, 2.45) is 7.05 Å². The largest absolute Gasteiger partial charge is 0.475 e. The molecule has 3 rings (SSSR count). The zero-order valence-corrected chi connectivity index (χ0v) is 17.2. The van der Waals surface area contributed by atoms with Gasteiger partial charge in [0.15, 0.2) is 0 Å². The van der Waals surface area contributed by atoms with Crippen LogP contribution in [0.4, 0.5) is 5.95 Å². The second kappa shape index (κ2) is 8.58. The van der Waals surface area contributed by atoms with Crippen molar-refractivity contribution >= 4 is 16.0 Å². The van der Waals surface area contributed by atoms with E-state index in [0.29, 0.717) is 5.69 Å². The highest BCUT2D eigenvalue weighted by molar-refractivity contribution is 7.92. The van der Waals surface area contributed by atoms with Crippen LogP contribution in [0.1, 0.15) is 25.3 Å². The summed E-state index contributed by atoms with van der Waals surface area (Å²) in [5, 5.41) is 12.9. The third-order valence-electron chi connectivity index (χ3n) is 4.12. The van der Waals surface area contributed by atoms with Gasteiger partial charge in [-0.05, 0) is 11.5 Å². The molecule has 0 aliphatic carbocycles. The summed E-state index contributed by atoms with van der Waals surface area (Å²) < 4.78 is 34.5. The monoisotopic (exact) mass is 417 g/mol. The molecule has 9 nitrogen and oxygen atoms in total. The fraction of sp³-hybridized carbons (Fsp3) is 0.316. The Bertz CT molecular complexity index is 1100. The highest BCUT2D eigenvalue weighted by atomic mass is 32.2. The van der Waals surface area contributed by atoms with E-state index in [2.05, 4.69) is 33.6 Å². The summed E-state index contributed by atoms with van der Waals surface area (Å²) in [6, 6.07) is 9.35. The molecule has 0 bridgehead atoms. The molecular weight excluding hydrogens is 394 g/mol. The molecular formula is C19H23N5O4S. The molecule has 2 aromatic heterocycles. The van der Waals surface area contributed by atoms with Crippen LogP contribution in [0.25, 0.3) is 11.3 Å². The van der Waals surface area contributed by atoms with Gasteiger partial charge in [-0.15, -0.1) is 0 Å². The second-order valence-electron chi connectivity index (χ2n) is 6.68. The molecule has 0 saturated heterocycles. The minimum absolute atomic E-state index is 0.00518. The minimum atomic E-state index is -3.92. The summed E-state index contributed by atoms with van der Waals surface area (Å²) in [6.07, 6.45) is 2.62. The number of aromatic nitrogens is 4. The van der Waals surface area contributed by atoms with Crippen molar-refractivity contribution in [1.82, 2.24) is 19.7 Å². The lowest BCUT2D eigenvalue weighted by atomic mass is 9.95. The number of hydrogen-bond donors (Lipinski definition) is 2. The number of aryl methyl sites for hydroxylation is 1. The number of rotatable bonds is 8. The van der Waals surface area contributed by atoms with E-state index in [0.717, 1.165) is 11.1 Å². The summed E-state index contributed by atoms with van der Waals surface area (Å²) in [5.74, 6) is 0.267. The number of benzene rings is 1. The molecule has 0 saturated carbocycles. The van der Waals surface area contributed by atoms with Gasteiger partial charge >= 0.3 is 0 Å². The molecule has 0 amide bonds. The van der Waals surface area contributed by atoms with Crippen LogP contribution in [-0.2, 0) is 17.1 Å². The first-order valence-corrected chi connectivity index (χ1v) is 10.5. The van der Waals surface area contributed by atoms with Crippen molar-refractivity contribution in [3.63, 3.8) is 0 Å². The fourth-order valence-corrected chi connectivity index (χ4v) is 3.71. The van der Waals surface area contributed by atoms with Gasteiger partial charge in [-0.3, -0.25) is 4.68 Å². The van der Waals surface area contributed by atoms with Crippen LogP contribution in [0.5, 0.6) is 5.88 Å². The van der Waals surface area contributed by atoms with Crippen molar-refractivity contribution in [3.05, 3.63) is 48.3 Å². The summed E-state index contributed by atoms with van der Waals surface area (Å²) in [6.45, 7) is 3.96. The van der Waals surface area contributed by atoms with Gasteiger partial charge in [0.2, 0.25) is 11.8 Å². The maximum atomic E-state index is 12.6. The molecule has 2 N–H and O–H groups in total. The smallest absolute Gasteiger partial charge is 0.267 e. The number of ether oxygens (including phenoxy) is 1. The van der Waals surface area contributed by atoms with Crippen molar-refractivity contribution in [2.45, 2.75) is 24.7 Å². The molecule has 0 radical (unpaired) electrons. The van der Waals surface area contributed by atoms with Crippen LogP contribution in [0.3, 0.4) is 0 Å². The van der Waals surface area contributed by atoms with Crippen LogP contribution in [0.15, 0.2) is 47.6 Å². The zero-order valence-electron chi connectivity index (χ0n) is 16.4. The van der Waals surface area contributed by atoms with Crippen LogP contribution >= 0.6 is 0 Å². The maximum Gasteiger partial charge on any atom is 0.267 e. The van der Waals surface area contributed by atoms with E-state index < -0.39 is 10.0 Å². The predicted octanol–water partition coefficient (Wildman–Crippen LogP) is 2.17. The Morgan fingerprint density at radius 1 is 1.24 bits per heavy atom. The minimum Gasteiger partial charge on any atom is -0.475 e. The molecule has 29 heavy (non-hydrogen) atoms. The maximum absolute atomic E-state index is 12.6. The first kappa shape index (κ1) is 20.7. The average molecular weight is 417 g/mol. The summed E-state index contributed by atoms with van der Waals surface area (Å²) in [5.41, 5.74) is 2.42. The number of nitrogens with one attached hydrogen (secondary N) is 1. The Morgan fingerprint density at radius 2 is 2.00 bits per heavy atom. The molecule has 2 heterocycles. The summed E-state index contributed by atoms with van der Waals surface area (Å²) in [4.78, 5) is 8.52. The first-order valence-electron chi connectivity index (χ1n) is 9.03. The van der Waals surface area contributed by atoms with Gasteiger partial charge in [0, 0.05) is 24.9 Å². The first-order chi connectivity index (χ1) is 13.8. The van der Waals surface area contributed by atoms with Gasteiger partial charge in [0.05, 0.1) is 18.5 Å². The number of sulfonamides is 1. The van der Waals surface area contributed by atoms with Crippen molar-refractivity contribution in [2.75, 3.05) is 17.9 Å². The predicted molar refractivity (Wildman–Crippen MR) is 108 cm³/mol. The molecule has 0 spiro atoms. The van der Waals surface area contributed by atoms with E-state index in [-0.39, 0.29) is 35.9 Å². The summed E-state index contributed by atoms with van der Waals surface area (Å²) in [7, 11) is -2.29. The van der Waals surface area contributed by atoms with E-state index in [4.69, 9.17) is 9.84 Å². The molecule has 154 valence electrons. The molecule has 0 unspecified atom stereocenters. The van der Waals surface area contributed by atoms with Crippen LogP contribution in [-0.4, -0.2) is 46.5 Å². The van der Waals surface area contributed by atoms with Crippen molar-refractivity contribution < 1.29 is 18.3 Å². The van der Waals surface area contributed by atoms with Gasteiger partial charge in [0.25, 0.3) is 10.0 Å². The third-order valence-corrected chi connectivity index (χ3v) is 5.40. The topological polar surface area (TPSA) is 119 Å². The average Bonchev–Trinajstić information content (AvgIpc) is 3.13. The van der Waals surface area contributed by atoms with E-state index in [1.807, 2.05) is 24.3 Å². The van der Waals surface area contributed by atoms with Gasteiger partial charge < -0.3 is 9.84 Å². The van der Waals surface area contributed by atoms with E-state index >= 15 is 0 Å². The highest BCUT2D eigenvalue weighted by Crippen LogP contribution is 2.30. The Balaban J connectivity index is 2.05. The lowest BCUT2D eigenvalue weighted by Gasteiger charge is -2.14. The molecule has 1 aromatic carbocycles. The number of nitrogens with zero attached hydrogens (tertiary/aromatic N) is 4. The van der Waals surface area contributed by atoms with Gasteiger partial charge in [-0.25, -0.2) is 18.1 Å². The Hall–Kier alpha value is -2.98. The Labute approximate surface area is 169 Å². The highest BCUT2D eigenvalue weighted by Gasteiger charge is 2.20. The quantitative estimate of drug-likeness (QED) is 0.576. The molecule has 0 atom stereocenters. The van der Waals surface area contributed by atoms with Crippen molar-refractivity contribution in [1.29, 1.82) is 0 Å². The van der Waals surface area contributed by atoms with Gasteiger partial charge in [-0.1, -0.05) is 38.1 Å². The Morgan fingerprint density at radius 3 is 2.66 bits per heavy atom. The van der Waals surface area contributed by atoms with E-state index in [1.54, 1.807) is 13.1 Å². The third kappa shape index (κ3) is 4.90. The molecule has 0 aliphatic heterocycles. The van der Waals surface area contributed by atoms with Crippen LogP contribution in [0, 0.1) is 0 Å². The van der Waals surface area contributed by atoms with E-state index in [1.165, 1.54) is 17.1 Å². The fourth-order valence-electron chi connectivity index (χ4n) is 2.78. The zero-order chi connectivity index (χ0) is 21.0. The number of anilines is 1. The van der Waals surface area contributed by atoms with Crippen molar-refractivity contribution in [3.8, 4) is 17.1 Å². The Kier molecular flexibility index (Phi) is 6.14. The SMILES string of the molecule is CC(C)c1ccccc1-c1cc(OCCO)nc(NS(=O)(=O)c2cnn(C)c2)n1. The molecule has 0 aliphatic rings. The lowest BCUT2D eigenvalue weighted by Crippen LogP contribution is -2.15. The summed E-state index contributed by atoms with van der Waals surface area (Å²) >= 11 is 0.